The molecule has 0 aliphatic carbocycles. The monoisotopic (exact) mass is 358 g/mol. The molecule has 6 aromatic rings. The van der Waals surface area contributed by atoms with Crippen LogP contribution in [0.5, 0.6) is 0 Å². The van der Waals surface area contributed by atoms with Gasteiger partial charge in [-0.1, -0.05) is 0 Å². The van der Waals surface area contributed by atoms with Gasteiger partial charge in [0.2, 0.25) is 0 Å². The van der Waals surface area contributed by atoms with E-state index in [4.69, 9.17) is 0 Å². The van der Waals surface area contributed by atoms with Crippen LogP contribution in [0.2, 0.25) is 0 Å². The van der Waals surface area contributed by atoms with Crippen molar-refractivity contribution < 1.29 is 0 Å². The summed E-state index contributed by atoms with van der Waals surface area (Å²) in [4.78, 5) is 8.99. The number of thiazole rings is 2. The van der Waals surface area contributed by atoms with Crippen molar-refractivity contribution in [2.75, 3.05) is 0 Å². The lowest BCUT2D eigenvalue weighted by atomic mass is 10.1. The van der Waals surface area contributed by atoms with Crippen molar-refractivity contribution in [2.24, 2.45) is 0 Å². The van der Waals surface area contributed by atoms with Crippen LogP contribution in [-0.2, 0) is 0 Å². The van der Waals surface area contributed by atoms with Crippen LogP contribution >= 0.6 is 46.1 Å². The number of aromatic nitrogens is 6. The summed E-state index contributed by atoms with van der Waals surface area (Å²) in [6, 6.07) is 0. The van der Waals surface area contributed by atoms with Gasteiger partial charge in [-0.05, 0) is 0 Å². The van der Waals surface area contributed by atoms with Crippen LogP contribution in [-0.4, -0.2) is 27.5 Å². The highest BCUT2D eigenvalue weighted by molar-refractivity contribution is 7.20. The third-order valence-electron chi connectivity index (χ3n) is 3.74. The number of nitrogens with zero attached hydrogens (tertiary/aromatic N) is 6. The molecule has 22 heavy (non-hydrogen) atoms. The Hall–Kier alpha value is -1.88. The third kappa shape index (κ3) is 1.21. The highest BCUT2D eigenvalue weighted by Crippen LogP contribution is 2.44. The third-order valence-corrected chi connectivity index (χ3v) is 6.48. The van der Waals surface area contributed by atoms with E-state index >= 15 is 0 Å². The SMILES string of the molecule is c1nc2c3nsnc3c3c4scnc4c4nsnc4c3c2s1. The molecule has 0 bridgehead atoms. The Morgan fingerprint density at radius 2 is 1.00 bits per heavy atom. The Balaban J connectivity index is 2.19. The van der Waals surface area contributed by atoms with Crippen molar-refractivity contribution in [3.8, 4) is 0 Å². The van der Waals surface area contributed by atoms with Crippen molar-refractivity contribution in [1.82, 2.24) is 27.5 Å². The molecule has 0 saturated heterocycles. The molecule has 10 heteroatoms. The molecular formula is C12H2N6S4. The fourth-order valence-corrected chi connectivity index (χ4v) is 5.67. The summed E-state index contributed by atoms with van der Waals surface area (Å²) >= 11 is 5.66. The Morgan fingerprint density at radius 3 is 1.50 bits per heavy atom. The molecule has 0 spiro atoms. The second-order valence-electron chi connectivity index (χ2n) is 4.73. The summed E-state index contributed by atoms with van der Waals surface area (Å²) in [6.45, 7) is 0. The maximum absolute atomic E-state index is 4.53. The van der Waals surface area contributed by atoms with Gasteiger partial charge in [-0.2, -0.15) is 17.5 Å². The van der Waals surface area contributed by atoms with Gasteiger partial charge in [0.25, 0.3) is 0 Å². The first-order valence-corrected chi connectivity index (χ1v) is 9.44. The predicted octanol–water partition coefficient (Wildman–Crippen LogP) is 4.07. The van der Waals surface area contributed by atoms with Crippen molar-refractivity contribution in [1.29, 1.82) is 0 Å². The second kappa shape index (κ2) is 3.90. The lowest BCUT2D eigenvalue weighted by Gasteiger charge is -2.03. The number of hydrogen-bond acceptors (Lipinski definition) is 10. The lowest BCUT2D eigenvalue weighted by Crippen LogP contribution is -1.84. The summed E-state index contributed by atoms with van der Waals surface area (Å²) in [5, 5.41) is 2.16. The van der Waals surface area contributed by atoms with E-state index in [1.165, 1.54) is 23.5 Å². The largest absolute Gasteiger partial charge is 0.242 e. The van der Waals surface area contributed by atoms with Crippen LogP contribution in [0, 0.1) is 0 Å². The van der Waals surface area contributed by atoms with E-state index in [0.717, 1.165) is 53.3 Å². The zero-order valence-corrected chi connectivity index (χ0v) is 13.7. The molecule has 0 fully saturated rings. The Kier molecular flexibility index (Phi) is 2.07. The quantitative estimate of drug-likeness (QED) is 0.407. The molecule has 0 unspecified atom stereocenters. The molecule has 0 N–H and O–H groups in total. The van der Waals surface area contributed by atoms with E-state index in [0.29, 0.717) is 0 Å². The predicted molar refractivity (Wildman–Crippen MR) is 92.3 cm³/mol. The van der Waals surface area contributed by atoms with Gasteiger partial charge in [-0.3, -0.25) is 0 Å². The topological polar surface area (TPSA) is 77.3 Å². The molecule has 2 aromatic carbocycles. The van der Waals surface area contributed by atoms with Crippen molar-refractivity contribution in [3.63, 3.8) is 0 Å². The molecule has 6 rings (SSSR count). The molecule has 0 radical (unpaired) electrons. The van der Waals surface area contributed by atoms with Crippen LogP contribution in [0.4, 0.5) is 0 Å². The van der Waals surface area contributed by atoms with Crippen LogP contribution in [0.15, 0.2) is 11.0 Å². The molecule has 0 amide bonds. The minimum Gasteiger partial charge on any atom is -0.242 e. The number of fused-ring (bicyclic) bond motifs is 11. The average Bonchev–Trinajstić information content (AvgIpc) is 3.28. The van der Waals surface area contributed by atoms with E-state index in [9.17, 15) is 0 Å². The molecule has 0 saturated carbocycles. The van der Waals surface area contributed by atoms with Crippen LogP contribution in [0.3, 0.4) is 0 Å². The highest BCUT2D eigenvalue weighted by atomic mass is 32.1. The summed E-state index contributed by atoms with van der Waals surface area (Å²) in [7, 11) is 0. The summed E-state index contributed by atoms with van der Waals surface area (Å²) < 4.78 is 20.2. The average molecular weight is 358 g/mol. The fraction of sp³-hybridized carbons (Fsp3) is 0. The van der Waals surface area contributed by atoms with E-state index in [-0.39, 0.29) is 0 Å². The maximum atomic E-state index is 4.53. The molecule has 6 nitrogen and oxygen atoms in total. The summed E-state index contributed by atoms with van der Waals surface area (Å²) in [5.41, 5.74) is 9.03. The van der Waals surface area contributed by atoms with Crippen LogP contribution in [0.25, 0.3) is 53.3 Å². The number of rotatable bonds is 0. The zero-order valence-electron chi connectivity index (χ0n) is 10.5. The van der Waals surface area contributed by atoms with Crippen molar-refractivity contribution in [3.05, 3.63) is 11.0 Å². The van der Waals surface area contributed by atoms with Crippen molar-refractivity contribution >= 4 is 99.4 Å². The number of benzene rings is 2. The molecular weight excluding hydrogens is 356 g/mol. The minimum absolute atomic E-state index is 0.867. The van der Waals surface area contributed by atoms with Crippen LogP contribution in [0.1, 0.15) is 0 Å². The first-order valence-electron chi connectivity index (χ1n) is 6.22. The van der Waals surface area contributed by atoms with Gasteiger partial charge < -0.3 is 0 Å². The normalized spacial score (nSPS) is 12.5. The van der Waals surface area contributed by atoms with Gasteiger partial charge in [0, 0.05) is 10.8 Å². The van der Waals surface area contributed by atoms with Gasteiger partial charge >= 0.3 is 0 Å². The minimum atomic E-state index is 0.867. The molecule has 0 aliphatic heterocycles. The Labute approximate surface area is 137 Å². The summed E-state index contributed by atoms with van der Waals surface area (Å²) in [5.74, 6) is 0. The van der Waals surface area contributed by atoms with E-state index in [1.807, 2.05) is 11.0 Å². The fourth-order valence-electron chi connectivity index (χ4n) is 2.88. The molecule has 0 atom stereocenters. The first kappa shape index (κ1) is 11.7. The maximum Gasteiger partial charge on any atom is 0.132 e. The van der Waals surface area contributed by atoms with Gasteiger partial charge in [0.15, 0.2) is 0 Å². The lowest BCUT2D eigenvalue weighted by molar-refractivity contribution is 1.50. The first-order chi connectivity index (χ1) is 10.9. The van der Waals surface area contributed by atoms with Gasteiger partial charge in [0.1, 0.15) is 33.1 Å². The molecule has 0 aliphatic rings. The van der Waals surface area contributed by atoms with Gasteiger partial charge in [-0.25, -0.2) is 9.97 Å². The highest BCUT2D eigenvalue weighted by Gasteiger charge is 2.22. The second-order valence-corrected chi connectivity index (χ2v) is 7.50. The smallest absolute Gasteiger partial charge is 0.132 e. The van der Waals surface area contributed by atoms with Gasteiger partial charge in [0.05, 0.1) is 43.9 Å². The van der Waals surface area contributed by atoms with E-state index < -0.39 is 0 Å². The molecule has 4 aromatic heterocycles. The Morgan fingerprint density at radius 1 is 0.545 bits per heavy atom. The summed E-state index contributed by atoms with van der Waals surface area (Å²) in [6.07, 6.45) is 0. The molecule has 4 heterocycles. The molecule has 104 valence electrons. The standard InChI is InChI=1S/C12H2N6S4/c1-13-9-7-6(16-21-17-7)4-3(11(9)19-1)5-8(18-22-15-5)10-12(4)20-2-14-10/h1-2H. The zero-order chi connectivity index (χ0) is 14.3. The number of hydrogen-bond donors (Lipinski definition) is 0. The Bertz CT molecular complexity index is 1140. The van der Waals surface area contributed by atoms with E-state index in [2.05, 4.69) is 27.5 Å². The van der Waals surface area contributed by atoms with Crippen molar-refractivity contribution in [2.45, 2.75) is 0 Å². The van der Waals surface area contributed by atoms with Crippen LogP contribution < -0.4 is 0 Å². The van der Waals surface area contributed by atoms with Gasteiger partial charge in [-0.15, -0.1) is 22.7 Å². The van der Waals surface area contributed by atoms with E-state index in [1.54, 1.807) is 22.7 Å².